The van der Waals surface area contributed by atoms with Crippen LogP contribution in [0.5, 0.6) is 0 Å². The maximum atomic E-state index is 11.8. The van der Waals surface area contributed by atoms with E-state index in [1.807, 2.05) is 35.0 Å². The first-order valence-electron chi connectivity index (χ1n) is 7.09. The van der Waals surface area contributed by atoms with Crippen molar-refractivity contribution in [3.8, 4) is 0 Å². The predicted molar refractivity (Wildman–Crippen MR) is 86.5 cm³/mol. The average Bonchev–Trinajstić information content (AvgIpc) is 3.08. The normalized spacial score (nSPS) is 11.7. The SMILES string of the molecule is CNC(=O)CNC(=O)C[NH2+][C@@H](c1ccccc1)c1cccs1. The lowest BCUT2D eigenvalue weighted by Gasteiger charge is -2.14. The van der Waals surface area contributed by atoms with Crippen LogP contribution < -0.4 is 16.0 Å². The van der Waals surface area contributed by atoms with Gasteiger partial charge in [0.25, 0.3) is 5.91 Å². The van der Waals surface area contributed by atoms with Crippen LogP contribution in [-0.4, -0.2) is 32.0 Å². The Kier molecular flexibility index (Phi) is 6.12. The van der Waals surface area contributed by atoms with Crippen molar-refractivity contribution in [2.45, 2.75) is 6.04 Å². The molecule has 0 aliphatic heterocycles. The first-order valence-corrected chi connectivity index (χ1v) is 7.97. The molecule has 2 rings (SSSR count). The minimum absolute atomic E-state index is 0.0121. The Morgan fingerprint density at radius 2 is 1.91 bits per heavy atom. The zero-order valence-corrected chi connectivity index (χ0v) is 13.2. The first kappa shape index (κ1) is 16.2. The van der Waals surface area contributed by atoms with Crippen LogP contribution in [0.4, 0.5) is 0 Å². The molecule has 6 heteroatoms. The molecule has 0 fully saturated rings. The van der Waals surface area contributed by atoms with Crippen molar-refractivity contribution in [2.75, 3.05) is 20.1 Å². The van der Waals surface area contributed by atoms with Crippen LogP contribution in [0.1, 0.15) is 16.5 Å². The van der Waals surface area contributed by atoms with Gasteiger partial charge in [0.05, 0.1) is 11.4 Å². The fraction of sp³-hybridized carbons (Fsp3) is 0.250. The molecule has 2 aromatic rings. The van der Waals surface area contributed by atoms with E-state index in [-0.39, 0.29) is 30.9 Å². The van der Waals surface area contributed by atoms with Gasteiger partial charge in [-0.15, -0.1) is 11.3 Å². The van der Waals surface area contributed by atoms with Gasteiger partial charge in [-0.05, 0) is 11.4 Å². The van der Waals surface area contributed by atoms with E-state index in [0.29, 0.717) is 0 Å². The minimum Gasteiger partial charge on any atom is -0.358 e. The first-order chi connectivity index (χ1) is 10.7. The Morgan fingerprint density at radius 3 is 2.55 bits per heavy atom. The summed E-state index contributed by atoms with van der Waals surface area (Å²) in [6.07, 6.45) is 0. The maximum Gasteiger partial charge on any atom is 0.275 e. The lowest BCUT2D eigenvalue weighted by molar-refractivity contribution is -0.676. The van der Waals surface area contributed by atoms with E-state index in [1.54, 1.807) is 18.4 Å². The molecule has 4 N–H and O–H groups in total. The molecule has 1 aromatic heterocycles. The van der Waals surface area contributed by atoms with Gasteiger partial charge in [-0.2, -0.15) is 0 Å². The maximum absolute atomic E-state index is 11.8. The Hall–Kier alpha value is -2.18. The molecule has 0 saturated heterocycles. The van der Waals surface area contributed by atoms with Gasteiger partial charge in [0.2, 0.25) is 5.91 Å². The molecule has 116 valence electrons. The van der Waals surface area contributed by atoms with E-state index in [2.05, 4.69) is 28.8 Å². The summed E-state index contributed by atoms with van der Waals surface area (Å²) in [5.74, 6) is -0.354. The summed E-state index contributed by atoms with van der Waals surface area (Å²) >= 11 is 1.67. The Labute approximate surface area is 133 Å². The van der Waals surface area contributed by atoms with Gasteiger partial charge >= 0.3 is 0 Å². The molecule has 22 heavy (non-hydrogen) atoms. The molecule has 0 radical (unpaired) electrons. The number of benzene rings is 1. The summed E-state index contributed by atoms with van der Waals surface area (Å²) in [5, 5.41) is 9.10. The third-order valence-corrected chi connectivity index (χ3v) is 4.23. The number of likely N-dealkylation sites (N-methyl/N-ethyl adjacent to an activating group) is 1. The molecule has 0 aliphatic rings. The topological polar surface area (TPSA) is 74.8 Å². The number of nitrogens with one attached hydrogen (secondary N) is 2. The number of hydrogen-bond donors (Lipinski definition) is 3. The third kappa shape index (κ3) is 4.68. The van der Waals surface area contributed by atoms with E-state index in [9.17, 15) is 9.59 Å². The van der Waals surface area contributed by atoms with Crippen LogP contribution in [0.3, 0.4) is 0 Å². The standard InChI is InChI=1S/C16H19N3O2S/c1-17-14(20)10-18-15(21)11-19-16(13-8-5-9-22-13)12-6-3-2-4-7-12/h2-9,16,19H,10-11H2,1H3,(H,17,20)(H,18,21)/p+1/t16-/m0/s1. The van der Waals surface area contributed by atoms with Crippen LogP contribution in [0, 0.1) is 0 Å². The van der Waals surface area contributed by atoms with Crippen molar-refractivity contribution in [2.24, 2.45) is 0 Å². The quantitative estimate of drug-likeness (QED) is 0.685. The number of amides is 2. The highest BCUT2D eigenvalue weighted by molar-refractivity contribution is 7.10. The molecule has 0 aliphatic carbocycles. The van der Waals surface area contributed by atoms with Gasteiger partial charge in [0.1, 0.15) is 6.04 Å². The molecule has 0 saturated carbocycles. The second-order valence-electron chi connectivity index (χ2n) is 4.79. The van der Waals surface area contributed by atoms with E-state index in [1.165, 1.54) is 4.88 Å². The number of nitrogens with two attached hydrogens (primary N) is 1. The molecule has 2 amide bonds. The fourth-order valence-electron chi connectivity index (χ4n) is 2.11. The van der Waals surface area contributed by atoms with Gasteiger partial charge in [-0.1, -0.05) is 36.4 Å². The largest absolute Gasteiger partial charge is 0.358 e. The van der Waals surface area contributed by atoms with Crippen LogP contribution in [-0.2, 0) is 9.59 Å². The zero-order chi connectivity index (χ0) is 15.8. The van der Waals surface area contributed by atoms with Crippen LogP contribution in [0.2, 0.25) is 0 Å². The van der Waals surface area contributed by atoms with E-state index in [4.69, 9.17) is 0 Å². The second-order valence-corrected chi connectivity index (χ2v) is 5.77. The van der Waals surface area contributed by atoms with Crippen molar-refractivity contribution in [3.05, 3.63) is 58.3 Å². The molecular weight excluding hydrogens is 298 g/mol. The minimum atomic E-state index is -0.203. The summed E-state index contributed by atoms with van der Waals surface area (Å²) in [6.45, 7) is 0.284. The highest BCUT2D eigenvalue weighted by Crippen LogP contribution is 2.22. The smallest absolute Gasteiger partial charge is 0.275 e. The van der Waals surface area contributed by atoms with E-state index in [0.717, 1.165) is 5.56 Å². The Bertz CT molecular complexity index is 599. The van der Waals surface area contributed by atoms with Crippen molar-refractivity contribution in [3.63, 3.8) is 0 Å². The summed E-state index contributed by atoms with van der Waals surface area (Å²) in [4.78, 5) is 24.2. The lowest BCUT2D eigenvalue weighted by atomic mass is 10.1. The Morgan fingerprint density at radius 1 is 1.14 bits per heavy atom. The molecule has 5 nitrogen and oxygen atoms in total. The number of rotatable bonds is 7. The fourth-order valence-corrected chi connectivity index (χ4v) is 2.96. The van der Waals surface area contributed by atoms with Crippen molar-refractivity contribution < 1.29 is 14.9 Å². The van der Waals surface area contributed by atoms with Gasteiger partial charge < -0.3 is 16.0 Å². The molecular formula is C16H20N3O2S+. The van der Waals surface area contributed by atoms with Gasteiger partial charge in [-0.3, -0.25) is 9.59 Å². The Balaban J connectivity index is 1.97. The monoisotopic (exact) mass is 318 g/mol. The number of quaternary nitrogens is 1. The number of hydrogen-bond acceptors (Lipinski definition) is 3. The molecule has 0 unspecified atom stereocenters. The molecule has 0 bridgehead atoms. The predicted octanol–water partition coefficient (Wildman–Crippen LogP) is 0.263. The van der Waals surface area contributed by atoms with E-state index >= 15 is 0 Å². The molecule has 1 aromatic carbocycles. The number of carbonyl (C=O) groups excluding carboxylic acids is 2. The average molecular weight is 318 g/mol. The summed E-state index contributed by atoms with van der Waals surface area (Å²) < 4.78 is 0. The lowest BCUT2D eigenvalue weighted by Crippen LogP contribution is -2.87. The van der Waals surface area contributed by atoms with Gasteiger partial charge in [0, 0.05) is 12.6 Å². The number of thiophene rings is 1. The molecule has 0 spiro atoms. The zero-order valence-electron chi connectivity index (χ0n) is 12.4. The summed E-state index contributed by atoms with van der Waals surface area (Å²) in [5.41, 5.74) is 1.16. The number of carbonyl (C=O) groups is 2. The van der Waals surface area contributed by atoms with Crippen molar-refractivity contribution in [1.29, 1.82) is 0 Å². The highest BCUT2D eigenvalue weighted by Gasteiger charge is 2.19. The van der Waals surface area contributed by atoms with Crippen molar-refractivity contribution in [1.82, 2.24) is 10.6 Å². The molecule has 1 atom stereocenters. The van der Waals surface area contributed by atoms with Gasteiger partial charge in [-0.25, -0.2) is 0 Å². The third-order valence-electron chi connectivity index (χ3n) is 3.27. The summed E-state index contributed by atoms with van der Waals surface area (Å²) in [7, 11) is 1.54. The summed E-state index contributed by atoms with van der Waals surface area (Å²) in [6, 6.07) is 14.3. The highest BCUT2D eigenvalue weighted by atomic mass is 32.1. The second kappa shape index (κ2) is 8.31. The van der Waals surface area contributed by atoms with E-state index < -0.39 is 0 Å². The van der Waals surface area contributed by atoms with Crippen LogP contribution >= 0.6 is 11.3 Å². The van der Waals surface area contributed by atoms with Crippen LogP contribution in [0.25, 0.3) is 0 Å². The molecule has 1 heterocycles. The van der Waals surface area contributed by atoms with Crippen LogP contribution in [0.15, 0.2) is 47.8 Å². The van der Waals surface area contributed by atoms with Gasteiger partial charge in [0.15, 0.2) is 6.54 Å². The van der Waals surface area contributed by atoms with Crippen molar-refractivity contribution >= 4 is 23.2 Å².